The number of carbonyl (C=O) groups is 1. The van der Waals surface area contributed by atoms with Crippen LogP contribution in [0.15, 0.2) is 11.4 Å². The molecule has 0 saturated carbocycles. The first-order valence-electron chi connectivity index (χ1n) is 3.13. The number of rotatable bonds is 2. The third-order valence-electron chi connectivity index (χ3n) is 1.31. The summed E-state index contributed by atoms with van der Waals surface area (Å²) in [6.45, 7) is 0. The Kier molecular flexibility index (Phi) is 2.48. The molecular weight excluding hydrogens is 162 g/mol. The lowest BCUT2D eigenvalue weighted by Crippen LogP contribution is -2.01. The van der Waals surface area contributed by atoms with Crippen LogP contribution in [0.1, 0.15) is 9.67 Å². The number of carbonyl (C=O) groups excluding carboxylic acids is 1. The number of hydrogen-bond acceptors (Lipinski definition) is 4. The molecule has 0 saturated heterocycles. The molecule has 1 heterocycles. The van der Waals surface area contributed by atoms with Gasteiger partial charge in [-0.15, -0.1) is 11.3 Å². The third kappa shape index (κ3) is 1.51. The second kappa shape index (κ2) is 3.39. The first kappa shape index (κ1) is 8.07. The Morgan fingerprint density at radius 3 is 3.00 bits per heavy atom. The SMILES string of the molecule is CNc1ccsc1C(=O)OC. The van der Waals surface area contributed by atoms with E-state index in [1.807, 2.05) is 11.4 Å². The van der Waals surface area contributed by atoms with Gasteiger partial charge in [-0.3, -0.25) is 0 Å². The summed E-state index contributed by atoms with van der Waals surface area (Å²) in [4.78, 5) is 11.6. The van der Waals surface area contributed by atoms with Crippen molar-refractivity contribution in [2.75, 3.05) is 19.5 Å². The predicted octanol–water partition coefficient (Wildman–Crippen LogP) is 1.58. The minimum Gasteiger partial charge on any atom is -0.465 e. The smallest absolute Gasteiger partial charge is 0.350 e. The highest BCUT2D eigenvalue weighted by Crippen LogP contribution is 2.21. The van der Waals surface area contributed by atoms with Gasteiger partial charge in [0.25, 0.3) is 0 Å². The molecule has 0 unspecified atom stereocenters. The van der Waals surface area contributed by atoms with Crippen molar-refractivity contribution in [3.8, 4) is 0 Å². The molecule has 1 aromatic heterocycles. The van der Waals surface area contributed by atoms with Crippen LogP contribution in [-0.4, -0.2) is 20.1 Å². The summed E-state index contributed by atoms with van der Waals surface area (Å²) < 4.78 is 4.57. The Morgan fingerprint density at radius 1 is 1.73 bits per heavy atom. The van der Waals surface area contributed by atoms with Crippen molar-refractivity contribution < 1.29 is 9.53 Å². The Hall–Kier alpha value is -1.03. The maximum absolute atomic E-state index is 11.0. The normalized spacial score (nSPS) is 9.27. The molecule has 1 aromatic rings. The van der Waals surface area contributed by atoms with Crippen LogP contribution in [0.5, 0.6) is 0 Å². The van der Waals surface area contributed by atoms with Crippen molar-refractivity contribution in [3.63, 3.8) is 0 Å². The average Bonchev–Trinajstić information content (AvgIpc) is 2.50. The molecule has 0 aliphatic heterocycles. The van der Waals surface area contributed by atoms with Crippen LogP contribution in [0.2, 0.25) is 0 Å². The summed E-state index contributed by atoms with van der Waals surface area (Å²) in [6, 6.07) is 1.84. The summed E-state index contributed by atoms with van der Waals surface area (Å²) in [5.41, 5.74) is 0.821. The lowest BCUT2D eigenvalue weighted by atomic mass is 10.4. The van der Waals surface area contributed by atoms with Crippen molar-refractivity contribution in [1.29, 1.82) is 0 Å². The third-order valence-corrected chi connectivity index (χ3v) is 2.20. The maximum atomic E-state index is 11.0. The topological polar surface area (TPSA) is 38.3 Å². The second-order valence-electron chi connectivity index (χ2n) is 1.90. The molecule has 0 amide bonds. The van der Waals surface area contributed by atoms with Gasteiger partial charge in [-0.25, -0.2) is 4.79 Å². The van der Waals surface area contributed by atoms with Gasteiger partial charge in [-0.2, -0.15) is 0 Å². The van der Waals surface area contributed by atoms with Crippen molar-refractivity contribution >= 4 is 23.0 Å². The fourth-order valence-corrected chi connectivity index (χ4v) is 1.57. The Balaban J connectivity index is 2.92. The molecule has 0 aliphatic rings. The fourth-order valence-electron chi connectivity index (χ4n) is 0.757. The van der Waals surface area contributed by atoms with Gasteiger partial charge >= 0.3 is 5.97 Å². The number of ether oxygens (including phenoxy) is 1. The quantitative estimate of drug-likeness (QED) is 0.686. The zero-order chi connectivity index (χ0) is 8.27. The van der Waals surface area contributed by atoms with Crippen LogP contribution in [-0.2, 0) is 4.74 Å². The van der Waals surface area contributed by atoms with Crippen LogP contribution in [0, 0.1) is 0 Å². The first-order valence-corrected chi connectivity index (χ1v) is 4.01. The highest BCUT2D eigenvalue weighted by molar-refractivity contribution is 7.12. The first-order chi connectivity index (χ1) is 5.29. The predicted molar refractivity (Wildman–Crippen MR) is 45.2 cm³/mol. The molecule has 60 valence electrons. The van der Waals surface area contributed by atoms with Gasteiger partial charge < -0.3 is 10.1 Å². The molecule has 3 nitrogen and oxygen atoms in total. The molecule has 4 heteroatoms. The van der Waals surface area contributed by atoms with Gasteiger partial charge in [0.15, 0.2) is 0 Å². The molecule has 0 spiro atoms. The van der Waals surface area contributed by atoms with E-state index < -0.39 is 0 Å². The number of thiophene rings is 1. The lowest BCUT2D eigenvalue weighted by Gasteiger charge is -1.99. The van der Waals surface area contributed by atoms with E-state index in [0.29, 0.717) is 4.88 Å². The minimum atomic E-state index is -0.288. The molecular formula is C7H9NO2S. The number of esters is 1. The Morgan fingerprint density at radius 2 is 2.45 bits per heavy atom. The number of nitrogens with one attached hydrogen (secondary N) is 1. The van der Waals surface area contributed by atoms with Crippen LogP contribution in [0.25, 0.3) is 0 Å². The van der Waals surface area contributed by atoms with Crippen molar-refractivity contribution in [2.24, 2.45) is 0 Å². The molecule has 0 radical (unpaired) electrons. The van der Waals surface area contributed by atoms with Crippen LogP contribution < -0.4 is 5.32 Å². The standard InChI is InChI=1S/C7H9NO2S/c1-8-5-3-4-11-6(5)7(9)10-2/h3-4,8H,1-2H3. The lowest BCUT2D eigenvalue weighted by molar-refractivity contribution is 0.0607. The van der Waals surface area contributed by atoms with Gasteiger partial charge in [0.2, 0.25) is 0 Å². The van der Waals surface area contributed by atoms with Gasteiger partial charge in [0, 0.05) is 7.05 Å². The van der Waals surface area contributed by atoms with E-state index in [2.05, 4.69) is 10.1 Å². The summed E-state index contributed by atoms with van der Waals surface area (Å²) >= 11 is 1.37. The largest absolute Gasteiger partial charge is 0.465 e. The van der Waals surface area contributed by atoms with E-state index in [4.69, 9.17) is 0 Å². The molecule has 1 rings (SSSR count). The zero-order valence-electron chi connectivity index (χ0n) is 6.38. The Bertz CT molecular complexity index is 257. The van der Waals surface area contributed by atoms with Gasteiger partial charge in [-0.1, -0.05) is 0 Å². The number of methoxy groups -OCH3 is 1. The number of hydrogen-bond donors (Lipinski definition) is 1. The summed E-state index contributed by atoms with van der Waals surface area (Å²) in [5, 5.41) is 4.75. The molecule has 0 fully saturated rings. The summed E-state index contributed by atoms with van der Waals surface area (Å²) in [6.07, 6.45) is 0. The molecule has 0 atom stereocenters. The van der Waals surface area contributed by atoms with E-state index in [1.165, 1.54) is 18.4 Å². The second-order valence-corrected chi connectivity index (χ2v) is 2.82. The molecule has 11 heavy (non-hydrogen) atoms. The van der Waals surface area contributed by atoms with Crippen molar-refractivity contribution in [1.82, 2.24) is 0 Å². The molecule has 0 aromatic carbocycles. The van der Waals surface area contributed by atoms with Crippen LogP contribution in [0.3, 0.4) is 0 Å². The van der Waals surface area contributed by atoms with E-state index in [9.17, 15) is 4.79 Å². The molecule has 0 aliphatic carbocycles. The van der Waals surface area contributed by atoms with E-state index in [-0.39, 0.29) is 5.97 Å². The maximum Gasteiger partial charge on any atom is 0.350 e. The highest BCUT2D eigenvalue weighted by Gasteiger charge is 2.11. The van der Waals surface area contributed by atoms with Crippen molar-refractivity contribution in [2.45, 2.75) is 0 Å². The van der Waals surface area contributed by atoms with Gasteiger partial charge in [-0.05, 0) is 11.4 Å². The summed E-state index contributed by atoms with van der Waals surface area (Å²) in [7, 11) is 3.15. The monoisotopic (exact) mass is 171 g/mol. The molecule has 1 N–H and O–H groups in total. The van der Waals surface area contributed by atoms with E-state index in [1.54, 1.807) is 7.05 Å². The number of anilines is 1. The van der Waals surface area contributed by atoms with Crippen LogP contribution >= 0.6 is 11.3 Å². The summed E-state index contributed by atoms with van der Waals surface area (Å²) in [5.74, 6) is -0.288. The van der Waals surface area contributed by atoms with E-state index in [0.717, 1.165) is 5.69 Å². The van der Waals surface area contributed by atoms with Gasteiger partial charge in [0.05, 0.1) is 12.8 Å². The fraction of sp³-hybridized carbons (Fsp3) is 0.286. The zero-order valence-corrected chi connectivity index (χ0v) is 7.20. The van der Waals surface area contributed by atoms with E-state index >= 15 is 0 Å². The Labute approximate surface area is 69.0 Å². The molecule has 0 bridgehead atoms. The average molecular weight is 171 g/mol. The van der Waals surface area contributed by atoms with Gasteiger partial charge in [0.1, 0.15) is 4.88 Å². The highest BCUT2D eigenvalue weighted by atomic mass is 32.1. The van der Waals surface area contributed by atoms with Crippen LogP contribution in [0.4, 0.5) is 5.69 Å². The minimum absolute atomic E-state index is 0.288. The van der Waals surface area contributed by atoms with Crippen molar-refractivity contribution in [3.05, 3.63) is 16.3 Å².